The fourth-order valence-corrected chi connectivity index (χ4v) is 3.91. The second-order valence-electron chi connectivity index (χ2n) is 6.65. The fourth-order valence-electron chi connectivity index (χ4n) is 3.91. The van der Waals surface area contributed by atoms with Gasteiger partial charge in [0.15, 0.2) is 0 Å². The van der Waals surface area contributed by atoms with Crippen LogP contribution in [0.4, 0.5) is 0 Å². The van der Waals surface area contributed by atoms with Gasteiger partial charge in [-0.2, -0.15) is 0 Å². The molecule has 106 valence electrons. The number of rotatable bonds is 4. The predicted molar refractivity (Wildman–Crippen MR) is 78.9 cm³/mol. The van der Waals surface area contributed by atoms with Crippen molar-refractivity contribution in [2.24, 2.45) is 11.8 Å². The number of hydrogen-bond acceptors (Lipinski definition) is 2. The van der Waals surface area contributed by atoms with Crippen LogP contribution in [0.3, 0.4) is 0 Å². The van der Waals surface area contributed by atoms with Crippen LogP contribution < -0.4 is 5.32 Å². The van der Waals surface area contributed by atoms with Crippen molar-refractivity contribution in [3.8, 4) is 0 Å². The number of likely N-dealkylation sites (tertiary alicyclic amines) is 1. The molecule has 0 spiro atoms. The van der Waals surface area contributed by atoms with Crippen molar-refractivity contribution >= 4 is 0 Å². The first-order valence-corrected chi connectivity index (χ1v) is 8.14. The van der Waals surface area contributed by atoms with Gasteiger partial charge in [0.05, 0.1) is 0 Å². The van der Waals surface area contributed by atoms with E-state index in [4.69, 9.17) is 0 Å². The van der Waals surface area contributed by atoms with Gasteiger partial charge >= 0.3 is 0 Å². The van der Waals surface area contributed by atoms with E-state index >= 15 is 0 Å². The fraction of sp³-hybridized carbons (Fsp3) is 1.00. The minimum absolute atomic E-state index is 0.757. The minimum atomic E-state index is 0.757. The Bertz CT molecular complexity index is 233. The Kier molecular flexibility index (Phi) is 5.50. The maximum absolute atomic E-state index is 3.45. The van der Waals surface area contributed by atoms with Crippen LogP contribution in [-0.4, -0.2) is 37.1 Å². The van der Waals surface area contributed by atoms with Crippen LogP contribution in [-0.2, 0) is 0 Å². The molecule has 0 bridgehead atoms. The van der Waals surface area contributed by atoms with Crippen molar-refractivity contribution in [1.29, 1.82) is 0 Å². The van der Waals surface area contributed by atoms with E-state index in [2.05, 4.69) is 31.1 Å². The molecule has 2 heteroatoms. The molecule has 1 N–H and O–H groups in total. The molecule has 18 heavy (non-hydrogen) atoms. The molecule has 0 aromatic rings. The van der Waals surface area contributed by atoms with Gasteiger partial charge in [0, 0.05) is 18.6 Å². The van der Waals surface area contributed by atoms with Crippen molar-refractivity contribution in [1.82, 2.24) is 10.2 Å². The number of piperidine rings is 1. The Morgan fingerprint density at radius 2 is 1.72 bits per heavy atom. The Morgan fingerprint density at radius 1 is 1.06 bits per heavy atom. The van der Waals surface area contributed by atoms with E-state index in [9.17, 15) is 0 Å². The first-order chi connectivity index (χ1) is 8.72. The van der Waals surface area contributed by atoms with E-state index in [0.29, 0.717) is 0 Å². The lowest BCUT2D eigenvalue weighted by atomic mass is 9.80. The number of nitrogens with one attached hydrogen (secondary N) is 1. The maximum Gasteiger partial charge on any atom is 0.00910 e. The van der Waals surface area contributed by atoms with Gasteiger partial charge in [-0.15, -0.1) is 0 Å². The van der Waals surface area contributed by atoms with E-state index in [0.717, 1.165) is 23.9 Å². The average Bonchev–Trinajstić information content (AvgIpc) is 2.42. The van der Waals surface area contributed by atoms with Crippen molar-refractivity contribution in [2.75, 3.05) is 20.1 Å². The largest absolute Gasteiger partial charge is 0.317 e. The lowest BCUT2D eigenvalue weighted by molar-refractivity contribution is 0.101. The zero-order valence-corrected chi connectivity index (χ0v) is 12.6. The SMILES string of the molecule is CCC1CCC(CN2CCC(NC)CC2C)CC1. The molecule has 1 saturated carbocycles. The van der Waals surface area contributed by atoms with Crippen molar-refractivity contribution < 1.29 is 0 Å². The summed E-state index contributed by atoms with van der Waals surface area (Å²) in [5.41, 5.74) is 0. The van der Waals surface area contributed by atoms with Gasteiger partial charge in [-0.1, -0.05) is 26.2 Å². The first kappa shape index (κ1) is 14.3. The molecule has 0 amide bonds. The summed E-state index contributed by atoms with van der Waals surface area (Å²) in [7, 11) is 2.11. The summed E-state index contributed by atoms with van der Waals surface area (Å²) in [6, 6.07) is 1.53. The Balaban J connectivity index is 1.73. The third-order valence-electron chi connectivity index (χ3n) is 5.46. The number of hydrogen-bond donors (Lipinski definition) is 1. The topological polar surface area (TPSA) is 15.3 Å². The molecule has 2 unspecified atom stereocenters. The molecule has 1 saturated heterocycles. The van der Waals surface area contributed by atoms with Gasteiger partial charge in [0.1, 0.15) is 0 Å². The first-order valence-electron chi connectivity index (χ1n) is 8.14. The van der Waals surface area contributed by atoms with E-state index in [1.807, 2.05) is 0 Å². The molecule has 1 aliphatic carbocycles. The summed E-state index contributed by atoms with van der Waals surface area (Å²) in [5, 5.41) is 3.45. The summed E-state index contributed by atoms with van der Waals surface area (Å²) >= 11 is 0. The smallest absolute Gasteiger partial charge is 0.00910 e. The predicted octanol–water partition coefficient (Wildman–Crippen LogP) is 3.28. The zero-order chi connectivity index (χ0) is 13.0. The van der Waals surface area contributed by atoms with Crippen molar-refractivity contribution in [3.05, 3.63) is 0 Å². The minimum Gasteiger partial charge on any atom is -0.317 e. The highest BCUT2D eigenvalue weighted by Crippen LogP contribution is 2.32. The molecular weight excluding hydrogens is 220 g/mol. The van der Waals surface area contributed by atoms with E-state index in [1.54, 1.807) is 0 Å². The third kappa shape index (κ3) is 3.71. The van der Waals surface area contributed by atoms with Gasteiger partial charge in [-0.25, -0.2) is 0 Å². The second kappa shape index (κ2) is 6.91. The summed E-state index contributed by atoms with van der Waals surface area (Å²) < 4.78 is 0. The Hall–Kier alpha value is -0.0800. The maximum atomic E-state index is 3.45. The van der Waals surface area contributed by atoms with Crippen LogP contribution in [0.1, 0.15) is 58.8 Å². The van der Waals surface area contributed by atoms with Crippen LogP contribution in [0.15, 0.2) is 0 Å². The summed E-state index contributed by atoms with van der Waals surface area (Å²) in [6.07, 6.45) is 10.0. The van der Waals surface area contributed by atoms with Crippen LogP contribution in [0.5, 0.6) is 0 Å². The normalized spacial score (nSPS) is 38.8. The molecule has 0 aromatic carbocycles. The number of nitrogens with zero attached hydrogens (tertiary/aromatic N) is 1. The van der Waals surface area contributed by atoms with Crippen LogP contribution in [0.2, 0.25) is 0 Å². The average molecular weight is 252 g/mol. The highest BCUT2D eigenvalue weighted by Gasteiger charge is 2.28. The molecule has 0 aromatic heterocycles. The Labute approximate surface area is 114 Å². The van der Waals surface area contributed by atoms with Crippen molar-refractivity contribution in [2.45, 2.75) is 70.9 Å². The molecule has 2 aliphatic rings. The Morgan fingerprint density at radius 3 is 2.28 bits per heavy atom. The van der Waals surface area contributed by atoms with Crippen molar-refractivity contribution in [3.63, 3.8) is 0 Å². The molecule has 2 rings (SSSR count). The molecule has 1 aliphatic heterocycles. The van der Waals surface area contributed by atoms with Crippen LogP contribution in [0.25, 0.3) is 0 Å². The quantitative estimate of drug-likeness (QED) is 0.826. The zero-order valence-electron chi connectivity index (χ0n) is 12.6. The molecule has 2 nitrogen and oxygen atoms in total. The molecule has 0 radical (unpaired) electrons. The van der Waals surface area contributed by atoms with Gasteiger partial charge in [0.2, 0.25) is 0 Å². The van der Waals surface area contributed by atoms with E-state index in [-0.39, 0.29) is 0 Å². The standard InChI is InChI=1S/C16H32N2/c1-4-14-5-7-15(8-6-14)12-18-10-9-16(17-3)11-13(18)2/h13-17H,4-12H2,1-3H3. The second-order valence-corrected chi connectivity index (χ2v) is 6.65. The van der Waals surface area contributed by atoms with Crippen LogP contribution >= 0.6 is 0 Å². The molecule has 2 atom stereocenters. The lowest BCUT2D eigenvalue weighted by Gasteiger charge is -2.40. The van der Waals surface area contributed by atoms with Gasteiger partial charge in [-0.3, -0.25) is 0 Å². The monoisotopic (exact) mass is 252 g/mol. The summed E-state index contributed by atoms with van der Waals surface area (Å²) in [6.45, 7) is 7.45. The third-order valence-corrected chi connectivity index (χ3v) is 5.46. The van der Waals surface area contributed by atoms with Gasteiger partial charge in [0.25, 0.3) is 0 Å². The highest BCUT2D eigenvalue weighted by molar-refractivity contribution is 4.84. The molecular formula is C16H32N2. The highest BCUT2D eigenvalue weighted by atomic mass is 15.2. The summed E-state index contributed by atoms with van der Waals surface area (Å²) in [5.74, 6) is 2.02. The van der Waals surface area contributed by atoms with E-state index < -0.39 is 0 Å². The van der Waals surface area contributed by atoms with Crippen LogP contribution in [0, 0.1) is 11.8 Å². The molecule has 2 fully saturated rings. The lowest BCUT2D eigenvalue weighted by Crippen LogP contribution is -2.48. The van der Waals surface area contributed by atoms with E-state index in [1.165, 1.54) is 58.0 Å². The molecule has 1 heterocycles. The van der Waals surface area contributed by atoms with Gasteiger partial charge in [-0.05, 0) is 58.0 Å². The van der Waals surface area contributed by atoms with Gasteiger partial charge < -0.3 is 10.2 Å². The summed E-state index contributed by atoms with van der Waals surface area (Å²) in [4.78, 5) is 2.75.